The third-order valence-corrected chi connectivity index (χ3v) is 2.75. The highest BCUT2D eigenvalue weighted by Crippen LogP contribution is 2.19. The third-order valence-electron chi connectivity index (χ3n) is 2.75. The van der Waals surface area contributed by atoms with Crippen LogP contribution in [0.15, 0.2) is 0 Å². The Morgan fingerprint density at radius 3 is 2.40 bits per heavy atom. The number of carbonyl (C=O) groups is 2. The van der Waals surface area contributed by atoms with Gasteiger partial charge in [-0.05, 0) is 13.3 Å². The van der Waals surface area contributed by atoms with Crippen molar-refractivity contribution in [3.05, 3.63) is 0 Å². The van der Waals surface area contributed by atoms with E-state index in [1.807, 2.05) is 0 Å². The molecular weight excluding hydrogens is 196 g/mol. The van der Waals surface area contributed by atoms with Crippen molar-refractivity contribution in [1.29, 1.82) is 0 Å². The molecule has 0 aliphatic rings. The first-order chi connectivity index (χ1) is 6.87. The fourth-order valence-corrected chi connectivity index (χ4v) is 0.915. The van der Waals surface area contributed by atoms with Crippen molar-refractivity contribution in [3.8, 4) is 0 Å². The first kappa shape index (κ1) is 13.9. The molecule has 0 aromatic carbocycles. The van der Waals surface area contributed by atoms with Gasteiger partial charge >= 0.3 is 5.97 Å². The summed E-state index contributed by atoms with van der Waals surface area (Å²) in [5, 5.41) is 11.6. The first-order valence-corrected chi connectivity index (χ1v) is 5.08. The Kier molecular flexibility index (Phi) is 5.28. The number of nitrogens with two attached hydrogens (primary N) is 1. The molecule has 5 heteroatoms. The second-order valence-corrected chi connectivity index (χ2v) is 4.07. The monoisotopic (exact) mass is 216 g/mol. The largest absolute Gasteiger partial charge is 0.481 e. The van der Waals surface area contributed by atoms with Gasteiger partial charge in [-0.1, -0.05) is 13.8 Å². The SMILES string of the molecule is CCC(C)(CNC(=O)C(C)CN)C(=O)O. The van der Waals surface area contributed by atoms with Crippen molar-refractivity contribution in [3.63, 3.8) is 0 Å². The fraction of sp³-hybridized carbons (Fsp3) is 0.800. The maximum atomic E-state index is 11.4. The molecule has 0 fully saturated rings. The van der Waals surface area contributed by atoms with Crippen LogP contribution in [0.3, 0.4) is 0 Å². The van der Waals surface area contributed by atoms with Gasteiger partial charge in [0, 0.05) is 19.0 Å². The quantitative estimate of drug-likeness (QED) is 0.591. The second-order valence-electron chi connectivity index (χ2n) is 4.07. The van der Waals surface area contributed by atoms with Crippen LogP contribution in [-0.2, 0) is 9.59 Å². The summed E-state index contributed by atoms with van der Waals surface area (Å²) < 4.78 is 0. The van der Waals surface area contributed by atoms with Gasteiger partial charge in [-0.25, -0.2) is 0 Å². The smallest absolute Gasteiger partial charge is 0.311 e. The van der Waals surface area contributed by atoms with Crippen molar-refractivity contribution < 1.29 is 14.7 Å². The van der Waals surface area contributed by atoms with Crippen LogP contribution in [0.4, 0.5) is 0 Å². The van der Waals surface area contributed by atoms with Gasteiger partial charge in [0.15, 0.2) is 0 Å². The molecule has 2 atom stereocenters. The molecule has 0 heterocycles. The Labute approximate surface area is 90.0 Å². The minimum Gasteiger partial charge on any atom is -0.481 e. The van der Waals surface area contributed by atoms with Crippen LogP contribution < -0.4 is 11.1 Å². The molecule has 0 rings (SSSR count). The molecule has 4 N–H and O–H groups in total. The summed E-state index contributed by atoms with van der Waals surface area (Å²) in [4.78, 5) is 22.3. The van der Waals surface area contributed by atoms with Gasteiger partial charge < -0.3 is 16.2 Å². The molecule has 0 spiro atoms. The van der Waals surface area contributed by atoms with Gasteiger partial charge in [-0.3, -0.25) is 9.59 Å². The van der Waals surface area contributed by atoms with Gasteiger partial charge in [0.1, 0.15) is 0 Å². The lowest BCUT2D eigenvalue weighted by Gasteiger charge is -2.24. The van der Waals surface area contributed by atoms with Gasteiger partial charge in [0.05, 0.1) is 5.41 Å². The number of carboxylic acids is 1. The molecule has 0 aliphatic carbocycles. The molecule has 0 saturated heterocycles. The van der Waals surface area contributed by atoms with E-state index in [0.717, 1.165) is 0 Å². The van der Waals surface area contributed by atoms with Crippen molar-refractivity contribution in [2.45, 2.75) is 27.2 Å². The number of nitrogens with one attached hydrogen (secondary N) is 1. The molecule has 15 heavy (non-hydrogen) atoms. The van der Waals surface area contributed by atoms with Crippen LogP contribution >= 0.6 is 0 Å². The molecule has 0 aliphatic heterocycles. The van der Waals surface area contributed by atoms with Gasteiger partial charge in [-0.2, -0.15) is 0 Å². The normalized spacial score (nSPS) is 16.5. The lowest BCUT2D eigenvalue weighted by molar-refractivity contribution is -0.148. The molecule has 0 saturated carbocycles. The van der Waals surface area contributed by atoms with Crippen molar-refractivity contribution in [1.82, 2.24) is 5.32 Å². The summed E-state index contributed by atoms with van der Waals surface area (Å²) in [6, 6.07) is 0. The van der Waals surface area contributed by atoms with E-state index in [2.05, 4.69) is 5.32 Å². The molecular formula is C10H20N2O3. The van der Waals surface area contributed by atoms with Crippen LogP contribution in [0.1, 0.15) is 27.2 Å². The summed E-state index contributed by atoms with van der Waals surface area (Å²) in [6.07, 6.45) is 0.472. The average molecular weight is 216 g/mol. The topological polar surface area (TPSA) is 92.4 Å². The number of aliphatic carboxylic acids is 1. The van der Waals surface area contributed by atoms with Crippen LogP contribution in [-0.4, -0.2) is 30.1 Å². The van der Waals surface area contributed by atoms with E-state index >= 15 is 0 Å². The van der Waals surface area contributed by atoms with E-state index in [1.165, 1.54) is 0 Å². The predicted octanol–water partition coefficient (Wildman–Crippen LogP) is 0.198. The van der Waals surface area contributed by atoms with E-state index in [9.17, 15) is 9.59 Å². The summed E-state index contributed by atoms with van der Waals surface area (Å²) in [6.45, 7) is 5.51. The van der Waals surface area contributed by atoms with Crippen molar-refractivity contribution >= 4 is 11.9 Å². The molecule has 5 nitrogen and oxygen atoms in total. The summed E-state index contributed by atoms with van der Waals surface area (Å²) >= 11 is 0. The molecule has 0 bridgehead atoms. The molecule has 0 aromatic rings. The maximum absolute atomic E-state index is 11.4. The number of hydrogen-bond acceptors (Lipinski definition) is 3. The van der Waals surface area contributed by atoms with Crippen molar-refractivity contribution in [2.75, 3.05) is 13.1 Å². The van der Waals surface area contributed by atoms with Crippen molar-refractivity contribution in [2.24, 2.45) is 17.1 Å². The van der Waals surface area contributed by atoms with E-state index in [1.54, 1.807) is 20.8 Å². The van der Waals surface area contributed by atoms with E-state index < -0.39 is 11.4 Å². The maximum Gasteiger partial charge on any atom is 0.311 e. The van der Waals surface area contributed by atoms with Crippen LogP contribution in [0, 0.1) is 11.3 Å². The number of amides is 1. The standard InChI is InChI=1S/C10H20N2O3/c1-4-10(3,9(14)15)6-12-8(13)7(2)5-11/h7H,4-6,11H2,1-3H3,(H,12,13)(H,14,15). The number of rotatable bonds is 6. The Balaban J connectivity index is 4.24. The van der Waals surface area contributed by atoms with Gasteiger partial charge in [-0.15, -0.1) is 0 Å². The first-order valence-electron chi connectivity index (χ1n) is 5.08. The second kappa shape index (κ2) is 5.70. The highest BCUT2D eigenvalue weighted by atomic mass is 16.4. The minimum atomic E-state index is -0.899. The van der Waals surface area contributed by atoms with Gasteiger partial charge in [0.25, 0.3) is 0 Å². The minimum absolute atomic E-state index is 0.141. The Bertz CT molecular complexity index is 243. The predicted molar refractivity (Wildman–Crippen MR) is 57.3 cm³/mol. The van der Waals surface area contributed by atoms with Gasteiger partial charge in [0.2, 0.25) is 5.91 Å². The molecule has 1 amide bonds. The highest BCUT2D eigenvalue weighted by molar-refractivity contribution is 5.80. The molecule has 2 unspecified atom stereocenters. The third kappa shape index (κ3) is 3.87. The summed E-state index contributed by atoms with van der Waals surface area (Å²) in [5.74, 6) is -1.37. The van der Waals surface area contributed by atoms with Crippen LogP contribution in [0.2, 0.25) is 0 Å². The summed E-state index contributed by atoms with van der Waals surface area (Å²) in [5.41, 5.74) is 4.43. The zero-order valence-corrected chi connectivity index (χ0v) is 9.54. The Morgan fingerprint density at radius 1 is 1.53 bits per heavy atom. The average Bonchev–Trinajstić information content (AvgIpc) is 2.23. The summed E-state index contributed by atoms with van der Waals surface area (Å²) in [7, 11) is 0. The Morgan fingerprint density at radius 2 is 2.07 bits per heavy atom. The zero-order valence-electron chi connectivity index (χ0n) is 9.54. The highest BCUT2D eigenvalue weighted by Gasteiger charge is 2.31. The van der Waals surface area contributed by atoms with Crippen LogP contribution in [0.25, 0.3) is 0 Å². The number of hydrogen-bond donors (Lipinski definition) is 3. The number of carboxylic acid groups (broad SMARTS) is 1. The van der Waals surface area contributed by atoms with Crippen LogP contribution in [0.5, 0.6) is 0 Å². The van der Waals surface area contributed by atoms with E-state index in [4.69, 9.17) is 10.8 Å². The molecule has 88 valence electrons. The zero-order chi connectivity index (χ0) is 12.1. The lowest BCUT2D eigenvalue weighted by atomic mass is 9.87. The molecule has 0 radical (unpaired) electrons. The molecule has 0 aromatic heterocycles. The van der Waals surface area contributed by atoms with E-state index in [-0.39, 0.29) is 24.9 Å². The van der Waals surface area contributed by atoms with E-state index in [0.29, 0.717) is 6.42 Å². The fourth-order valence-electron chi connectivity index (χ4n) is 0.915. The Hall–Kier alpha value is -1.10. The number of carbonyl (C=O) groups excluding carboxylic acids is 1. The lowest BCUT2D eigenvalue weighted by Crippen LogP contribution is -2.43.